The topological polar surface area (TPSA) is 42.1 Å². The number of aromatic amines is 1. The minimum Gasteiger partial charge on any atom is -0.461 e. The number of benzene rings is 1. The largest absolute Gasteiger partial charge is 0.461 e. The Morgan fingerprint density at radius 2 is 2.00 bits per heavy atom. The highest BCUT2D eigenvalue weighted by Gasteiger charge is 2.16. The molecule has 1 heterocycles. The molecule has 0 aliphatic carbocycles. The van der Waals surface area contributed by atoms with Gasteiger partial charge in [0.15, 0.2) is 0 Å². The van der Waals surface area contributed by atoms with Gasteiger partial charge in [0.2, 0.25) is 0 Å². The first-order valence-corrected chi connectivity index (χ1v) is 6.06. The van der Waals surface area contributed by atoms with Crippen molar-refractivity contribution in [3.63, 3.8) is 0 Å². The monoisotopic (exact) mass is 243 g/mol. The van der Waals surface area contributed by atoms with Crippen LogP contribution in [-0.2, 0) is 4.74 Å². The molecule has 2 aromatic rings. The van der Waals surface area contributed by atoms with E-state index in [9.17, 15) is 4.79 Å². The van der Waals surface area contributed by atoms with Gasteiger partial charge in [-0.15, -0.1) is 0 Å². The van der Waals surface area contributed by atoms with Gasteiger partial charge in [-0.05, 0) is 43.5 Å². The van der Waals surface area contributed by atoms with Crippen LogP contribution >= 0.6 is 0 Å². The molecule has 0 unspecified atom stereocenters. The van der Waals surface area contributed by atoms with Gasteiger partial charge in [0.25, 0.3) is 0 Å². The normalized spacial score (nSPS) is 10.4. The molecule has 0 amide bonds. The summed E-state index contributed by atoms with van der Waals surface area (Å²) in [6.45, 7) is 6.31. The second kappa shape index (κ2) is 5.08. The Bertz CT molecular complexity index is 570. The molecule has 0 saturated carbocycles. The molecule has 18 heavy (non-hydrogen) atoms. The van der Waals surface area contributed by atoms with Gasteiger partial charge in [0, 0.05) is 11.8 Å². The van der Waals surface area contributed by atoms with Crippen LogP contribution < -0.4 is 0 Å². The average Bonchev–Trinajstić information content (AvgIpc) is 2.82. The number of aryl methyl sites for hydroxylation is 1. The Labute approximate surface area is 107 Å². The summed E-state index contributed by atoms with van der Waals surface area (Å²) < 4.78 is 5.05. The average molecular weight is 243 g/mol. The number of H-pyrrole nitrogens is 1. The third-order valence-electron chi connectivity index (χ3n) is 3.12. The second-order valence-corrected chi connectivity index (χ2v) is 4.23. The molecule has 0 atom stereocenters. The highest BCUT2D eigenvalue weighted by atomic mass is 16.5. The van der Waals surface area contributed by atoms with E-state index in [1.165, 1.54) is 11.1 Å². The highest BCUT2D eigenvalue weighted by Crippen LogP contribution is 2.28. The third kappa shape index (κ3) is 2.16. The van der Waals surface area contributed by atoms with E-state index in [1.54, 1.807) is 13.1 Å². The predicted octanol–water partition coefficient (Wildman–Crippen LogP) is 3.48. The smallest absolute Gasteiger partial charge is 0.355 e. The van der Waals surface area contributed by atoms with Crippen LogP contribution in [0.5, 0.6) is 0 Å². The van der Waals surface area contributed by atoms with Crippen LogP contribution in [0.25, 0.3) is 11.1 Å². The lowest BCUT2D eigenvalue weighted by atomic mass is 9.97. The van der Waals surface area contributed by atoms with Gasteiger partial charge >= 0.3 is 5.97 Å². The van der Waals surface area contributed by atoms with Gasteiger partial charge in [0.1, 0.15) is 5.69 Å². The third-order valence-corrected chi connectivity index (χ3v) is 3.12. The van der Waals surface area contributed by atoms with E-state index in [0.29, 0.717) is 12.3 Å². The fraction of sp³-hybridized carbons (Fsp3) is 0.267. The predicted molar refractivity (Wildman–Crippen MR) is 71.7 cm³/mol. The quantitative estimate of drug-likeness (QED) is 0.839. The summed E-state index contributed by atoms with van der Waals surface area (Å²) in [5.41, 5.74) is 4.88. The highest BCUT2D eigenvalue weighted by molar-refractivity contribution is 5.96. The number of carbonyl (C=O) groups is 1. The molecule has 0 spiro atoms. The standard InChI is InChI=1S/C15H17NO2/c1-4-18-15(17)14-13(8-9-16-14)12-7-5-6-10(2)11(12)3/h5-9,16H,4H2,1-3H3. The second-order valence-electron chi connectivity index (χ2n) is 4.23. The molecule has 3 heteroatoms. The first-order valence-electron chi connectivity index (χ1n) is 6.06. The lowest BCUT2D eigenvalue weighted by Gasteiger charge is -2.09. The first kappa shape index (κ1) is 12.4. The fourth-order valence-electron chi connectivity index (χ4n) is 2.01. The Hall–Kier alpha value is -2.03. The summed E-state index contributed by atoms with van der Waals surface area (Å²) in [6.07, 6.45) is 1.77. The Kier molecular flexibility index (Phi) is 3.51. The lowest BCUT2D eigenvalue weighted by molar-refractivity contribution is 0.0521. The van der Waals surface area contributed by atoms with Crippen LogP contribution in [0.2, 0.25) is 0 Å². The molecule has 0 aliphatic rings. The molecule has 94 valence electrons. The van der Waals surface area contributed by atoms with Gasteiger partial charge in [-0.3, -0.25) is 0 Å². The van der Waals surface area contributed by atoms with Crippen molar-refractivity contribution in [2.24, 2.45) is 0 Å². The van der Waals surface area contributed by atoms with Gasteiger partial charge in [0.05, 0.1) is 6.61 Å². The molecule has 0 aliphatic heterocycles. The van der Waals surface area contributed by atoms with Crippen molar-refractivity contribution in [1.82, 2.24) is 4.98 Å². The van der Waals surface area contributed by atoms with Crippen molar-refractivity contribution in [1.29, 1.82) is 0 Å². The van der Waals surface area contributed by atoms with Gasteiger partial charge in [-0.2, -0.15) is 0 Å². The van der Waals surface area contributed by atoms with Gasteiger partial charge in [-0.25, -0.2) is 4.79 Å². The summed E-state index contributed by atoms with van der Waals surface area (Å²) in [5, 5.41) is 0. The van der Waals surface area contributed by atoms with Gasteiger partial charge in [-0.1, -0.05) is 18.2 Å². The van der Waals surface area contributed by atoms with E-state index in [-0.39, 0.29) is 5.97 Å². The van der Waals surface area contributed by atoms with Crippen molar-refractivity contribution < 1.29 is 9.53 Å². The summed E-state index contributed by atoms with van der Waals surface area (Å²) in [7, 11) is 0. The minimum absolute atomic E-state index is 0.307. The van der Waals surface area contributed by atoms with Crippen LogP contribution in [0, 0.1) is 13.8 Å². The number of aromatic nitrogens is 1. The molecule has 1 aromatic heterocycles. The van der Waals surface area contributed by atoms with Crippen molar-refractivity contribution in [2.45, 2.75) is 20.8 Å². The van der Waals surface area contributed by atoms with Crippen molar-refractivity contribution in [2.75, 3.05) is 6.61 Å². The summed E-state index contributed by atoms with van der Waals surface area (Å²) in [4.78, 5) is 14.8. The number of nitrogens with one attached hydrogen (secondary N) is 1. The van der Waals surface area contributed by atoms with Crippen LogP contribution in [0.3, 0.4) is 0 Å². The Morgan fingerprint density at radius 1 is 1.22 bits per heavy atom. The molecule has 0 bridgehead atoms. The zero-order valence-electron chi connectivity index (χ0n) is 10.9. The molecule has 0 fully saturated rings. The minimum atomic E-state index is -0.307. The Balaban J connectivity index is 2.49. The molecule has 1 N–H and O–H groups in total. The molecule has 0 saturated heterocycles. The molecule has 0 radical (unpaired) electrons. The van der Waals surface area contributed by atoms with Crippen molar-refractivity contribution in [3.8, 4) is 11.1 Å². The summed E-state index contributed by atoms with van der Waals surface area (Å²) >= 11 is 0. The van der Waals surface area contributed by atoms with E-state index in [4.69, 9.17) is 4.74 Å². The molecule has 1 aromatic carbocycles. The molecular formula is C15H17NO2. The molecule has 3 nitrogen and oxygen atoms in total. The van der Waals surface area contributed by atoms with Gasteiger partial charge < -0.3 is 9.72 Å². The van der Waals surface area contributed by atoms with E-state index in [0.717, 1.165) is 11.1 Å². The maximum absolute atomic E-state index is 11.8. The number of esters is 1. The maximum Gasteiger partial charge on any atom is 0.355 e. The zero-order valence-corrected chi connectivity index (χ0v) is 10.9. The maximum atomic E-state index is 11.8. The number of carbonyl (C=O) groups excluding carboxylic acids is 1. The molecular weight excluding hydrogens is 226 g/mol. The SMILES string of the molecule is CCOC(=O)c1[nH]ccc1-c1cccc(C)c1C. The number of hydrogen-bond acceptors (Lipinski definition) is 2. The van der Waals surface area contributed by atoms with Crippen LogP contribution in [0.4, 0.5) is 0 Å². The van der Waals surface area contributed by atoms with E-state index in [1.807, 2.05) is 18.2 Å². The zero-order chi connectivity index (χ0) is 13.1. The fourth-order valence-corrected chi connectivity index (χ4v) is 2.01. The van der Waals surface area contributed by atoms with Crippen LogP contribution in [-0.4, -0.2) is 17.6 Å². The van der Waals surface area contributed by atoms with E-state index >= 15 is 0 Å². The molecule has 2 rings (SSSR count). The van der Waals surface area contributed by atoms with Crippen LogP contribution in [0.15, 0.2) is 30.5 Å². The lowest BCUT2D eigenvalue weighted by Crippen LogP contribution is -2.06. The number of ether oxygens (including phenoxy) is 1. The van der Waals surface area contributed by atoms with E-state index < -0.39 is 0 Å². The van der Waals surface area contributed by atoms with Crippen molar-refractivity contribution >= 4 is 5.97 Å². The summed E-state index contributed by atoms with van der Waals surface area (Å²) in [5.74, 6) is -0.307. The Morgan fingerprint density at radius 3 is 2.72 bits per heavy atom. The number of rotatable bonds is 3. The summed E-state index contributed by atoms with van der Waals surface area (Å²) in [6, 6.07) is 8.00. The van der Waals surface area contributed by atoms with Crippen molar-refractivity contribution in [3.05, 3.63) is 47.3 Å². The number of hydrogen-bond donors (Lipinski definition) is 1. The first-order chi connectivity index (χ1) is 8.65. The van der Waals surface area contributed by atoms with E-state index in [2.05, 4.69) is 24.9 Å². The van der Waals surface area contributed by atoms with Crippen LogP contribution in [0.1, 0.15) is 28.5 Å².